The van der Waals surface area contributed by atoms with Crippen molar-refractivity contribution < 1.29 is 21.1 Å². The van der Waals surface area contributed by atoms with Crippen molar-refractivity contribution in [2.45, 2.75) is 80.1 Å². The summed E-state index contributed by atoms with van der Waals surface area (Å²) in [7, 11) is 0. The van der Waals surface area contributed by atoms with E-state index in [1.54, 1.807) is 0 Å². The number of aromatic nitrogens is 4. The van der Waals surface area contributed by atoms with Crippen LogP contribution in [0.4, 0.5) is 17.3 Å². The van der Waals surface area contributed by atoms with Gasteiger partial charge in [0.1, 0.15) is 0 Å². The van der Waals surface area contributed by atoms with Crippen LogP contribution in [0, 0.1) is 39.8 Å². The molecule has 0 unspecified atom stereocenters. The fourth-order valence-electron chi connectivity index (χ4n) is 5.35. The molecule has 5 nitrogen and oxygen atoms in total. The van der Waals surface area contributed by atoms with Crippen LogP contribution in [0.15, 0.2) is 66.9 Å². The Morgan fingerprint density at radius 1 is 0.667 bits per heavy atom. The summed E-state index contributed by atoms with van der Waals surface area (Å²) in [5.41, 5.74) is 10.1. The fourth-order valence-corrected chi connectivity index (χ4v) is 5.35. The van der Waals surface area contributed by atoms with E-state index in [0.717, 1.165) is 34.4 Å². The summed E-state index contributed by atoms with van der Waals surface area (Å²) in [5, 5.41) is 10.2. The number of anilines is 3. The van der Waals surface area contributed by atoms with E-state index in [4.69, 9.17) is 10.2 Å². The van der Waals surface area contributed by atoms with Gasteiger partial charge in [-0.2, -0.15) is 57.7 Å². The molecule has 6 heteroatoms. The van der Waals surface area contributed by atoms with Crippen LogP contribution < -0.4 is 4.90 Å². The Hall–Kier alpha value is -3.43. The van der Waals surface area contributed by atoms with Gasteiger partial charge in [0.05, 0.1) is 5.69 Å². The van der Waals surface area contributed by atoms with Gasteiger partial charge in [-0.05, 0) is 61.0 Å². The minimum Gasteiger partial charge on any atom is -0.275 e. The Balaban J connectivity index is 0.00000405. The molecule has 0 spiro atoms. The number of hydrogen-bond acceptors (Lipinski definition) is 3. The average Bonchev–Trinajstić information content (AvgIpc) is 3.52. The Labute approximate surface area is 265 Å². The summed E-state index contributed by atoms with van der Waals surface area (Å²) in [6.45, 7) is 21.9. The normalized spacial score (nSPS) is 11.9. The molecule has 2 heterocycles. The average molecular weight is 739 g/mol. The van der Waals surface area contributed by atoms with Crippen molar-refractivity contribution in [2.75, 3.05) is 4.90 Å². The van der Waals surface area contributed by atoms with Gasteiger partial charge in [0, 0.05) is 24.0 Å². The van der Waals surface area contributed by atoms with Gasteiger partial charge in [0.25, 0.3) is 0 Å². The molecule has 0 amide bonds. The molecule has 0 atom stereocenters. The van der Waals surface area contributed by atoms with Gasteiger partial charge in [-0.25, -0.2) is 0 Å². The van der Waals surface area contributed by atoms with Crippen molar-refractivity contribution in [1.82, 2.24) is 19.6 Å². The quantitative estimate of drug-likeness (QED) is 0.169. The van der Waals surface area contributed by atoms with Crippen molar-refractivity contribution >= 4 is 17.3 Å². The molecule has 5 aromatic rings. The van der Waals surface area contributed by atoms with Crippen molar-refractivity contribution in [2.24, 2.45) is 0 Å². The first-order valence-corrected chi connectivity index (χ1v) is 14.3. The van der Waals surface area contributed by atoms with Crippen LogP contribution >= 0.6 is 0 Å². The summed E-state index contributed by atoms with van der Waals surface area (Å²) < 4.78 is 3.88. The number of nitrogens with zero attached hydrogens (tertiary/aromatic N) is 5. The summed E-state index contributed by atoms with van der Waals surface area (Å²) >= 11 is 0. The molecule has 0 N–H and O–H groups in total. The van der Waals surface area contributed by atoms with Crippen LogP contribution in [-0.4, -0.2) is 19.6 Å². The first kappa shape index (κ1) is 31.5. The van der Waals surface area contributed by atoms with Gasteiger partial charge >= 0.3 is 21.1 Å². The molecule has 42 heavy (non-hydrogen) atoms. The SMILES string of the molecule is Cc1cc(C)c(N(c2ccn(-c3[c-]ccc(C(C)(C)C)c3)n2)c2cc(C)n(-c3[c-]ccc(C(C)(C)C)c3)n2)c(C)c1.[Pt+2]. The second kappa shape index (κ2) is 11.7. The molecule has 0 aliphatic heterocycles. The largest absolute Gasteiger partial charge is 2.00 e. The third kappa shape index (κ3) is 6.32. The van der Waals surface area contributed by atoms with Crippen molar-refractivity contribution in [3.63, 3.8) is 0 Å². The topological polar surface area (TPSA) is 38.9 Å². The maximum Gasteiger partial charge on any atom is 2.00 e. The number of benzene rings is 3. The van der Waals surface area contributed by atoms with Gasteiger partial charge in [-0.15, -0.1) is 12.1 Å². The molecule has 5 rings (SSSR count). The number of aryl methyl sites for hydroxylation is 4. The fraction of sp³-hybridized carbons (Fsp3) is 0.333. The molecular formula is C36H41N5Pt. The maximum absolute atomic E-state index is 5.14. The zero-order valence-corrected chi connectivity index (χ0v) is 28.7. The van der Waals surface area contributed by atoms with Crippen LogP contribution in [0.5, 0.6) is 0 Å². The van der Waals surface area contributed by atoms with Crippen LogP contribution in [0.3, 0.4) is 0 Å². The minimum absolute atomic E-state index is 0. The number of hydrogen-bond donors (Lipinski definition) is 0. The molecule has 0 radical (unpaired) electrons. The summed E-state index contributed by atoms with van der Waals surface area (Å²) in [6, 6.07) is 28.0. The monoisotopic (exact) mass is 738 g/mol. The third-order valence-electron chi connectivity index (χ3n) is 7.55. The smallest absolute Gasteiger partial charge is 0.275 e. The molecule has 0 aliphatic carbocycles. The van der Waals surface area contributed by atoms with Crippen LogP contribution in [0.1, 0.15) is 75.1 Å². The van der Waals surface area contributed by atoms with Crippen molar-refractivity contribution in [3.05, 3.63) is 113 Å². The predicted molar refractivity (Wildman–Crippen MR) is 169 cm³/mol. The molecule has 2 aromatic heterocycles. The minimum atomic E-state index is 0. The van der Waals surface area contributed by atoms with Gasteiger partial charge in [-0.1, -0.05) is 59.2 Å². The predicted octanol–water partition coefficient (Wildman–Crippen LogP) is 8.95. The van der Waals surface area contributed by atoms with E-state index in [9.17, 15) is 0 Å². The Morgan fingerprint density at radius 3 is 1.79 bits per heavy atom. The summed E-state index contributed by atoms with van der Waals surface area (Å²) in [5.74, 6) is 1.61. The van der Waals surface area contributed by atoms with E-state index in [2.05, 4.69) is 135 Å². The van der Waals surface area contributed by atoms with Crippen molar-refractivity contribution in [3.8, 4) is 11.4 Å². The molecule has 0 fully saturated rings. The molecule has 0 bridgehead atoms. The molecule has 0 aliphatic rings. The maximum atomic E-state index is 5.14. The van der Waals surface area contributed by atoms with Gasteiger partial charge < -0.3 is 0 Å². The zero-order valence-electron chi connectivity index (χ0n) is 26.4. The van der Waals surface area contributed by atoms with E-state index < -0.39 is 0 Å². The molecule has 3 aromatic carbocycles. The molecule has 0 saturated heterocycles. The van der Waals surface area contributed by atoms with E-state index >= 15 is 0 Å². The van der Waals surface area contributed by atoms with Crippen LogP contribution in [0.25, 0.3) is 11.4 Å². The molecule has 0 saturated carbocycles. The second-order valence-electron chi connectivity index (χ2n) is 13.2. The van der Waals surface area contributed by atoms with Crippen LogP contribution in [-0.2, 0) is 31.9 Å². The van der Waals surface area contributed by atoms with Crippen molar-refractivity contribution in [1.29, 1.82) is 0 Å². The zero-order chi connectivity index (χ0) is 29.7. The van der Waals surface area contributed by atoms with Crippen LogP contribution in [0.2, 0.25) is 0 Å². The Kier molecular flexibility index (Phi) is 8.76. The van der Waals surface area contributed by atoms with E-state index in [1.807, 2.05) is 27.7 Å². The molecule has 220 valence electrons. The Morgan fingerprint density at radius 2 is 1.21 bits per heavy atom. The first-order chi connectivity index (χ1) is 19.2. The third-order valence-corrected chi connectivity index (χ3v) is 7.55. The Bertz CT molecular complexity index is 1690. The summed E-state index contributed by atoms with van der Waals surface area (Å²) in [6.07, 6.45) is 2.00. The van der Waals surface area contributed by atoms with Gasteiger partial charge in [0.15, 0.2) is 11.6 Å². The number of rotatable bonds is 5. The second-order valence-corrected chi connectivity index (χ2v) is 13.2. The molecular weight excluding hydrogens is 698 g/mol. The van der Waals surface area contributed by atoms with E-state index in [0.29, 0.717) is 0 Å². The van der Waals surface area contributed by atoms with E-state index in [-0.39, 0.29) is 31.9 Å². The standard InChI is InChI=1S/C36H41N5.Pt/c1-24-19-25(2)34(26(3)20-24)40(32-17-18-39(37-32)30-15-11-13-28(22-30)35(5,6)7)33-21-27(4)41(38-33)31-16-12-14-29(23-31)36(8,9)10;/h11-14,17-23H,1-10H3;/q-2;+2. The van der Waals surface area contributed by atoms with Gasteiger partial charge in [0.2, 0.25) is 0 Å². The van der Waals surface area contributed by atoms with E-state index in [1.165, 1.54) is 27.8 Å². The summed E-state index contributed by atoms with van der Waals surface area (Å²) in [4.78, 5) is 2.17. The van der Waals surface area contributed by atoms with Gasteiger partial charge in [-0.3, -0.25) is 14.3 Å². The first-order valence-electron chi connectivity index (χ1n) is 14.3.